The lowest BCUT2D eigenvalue weighted by molar-refractivity contribution is -0.126. The summed E-state index contributed by atoms with van der Waals surface area (Å²) in [5, 5.41) is 5.72. The Bertz CT molecular complexity index is 1190. The van der Waals surface area contributed by atoms with Crippen LogP contribution in [-0.4, -0.2) is 35.4 Å². The molecule has 1 aliphatic heterocycles. The topological polar surface area (TPSA) is 87.7 Å². The number of carbonyl (C=O) groups is 3. The Kier molecular flexibility index (Phi) is 7.45. The number of cyclic esters (lactones) is 1. The number of amides is 3. The second-order valence-corrected chi connectivity index (χ2v) is 8.59. The number of carbonyl (C=O) groups excluding carboxylic acids is 3. The third kappa shape index (κ3) is 5.87. The van der Waals surface area contributed by atoms with Gasteiger partial charge in [-0.3, -0.25) is 14.5 Å². The first kappa shape index (κ1) is 24.0. The molecule has 3 aromatic rings. The van der Waals surface area contributed by atoms with Crippen LogP contribution in [0, 0.1) is 6.92 Å². The quantitative estimate of drug-likeness (QED) is 0.511. The molecular weight excluding hydrogens is 442 g/mol. The van der Waals surface area contributed by atoms with Crippen LogP contribution in [0.2, 0.25) is 0 Å². The number of hydrogen-bond donors (Lipinski definition) is 2. The first-order chi connectivity index (χ1) is 16.9. The predicted octanol–water partition coefficient (Wildman–Crippen LogP) is 4.37. The van der Waals surface area contributed by atoms with Gasteiger partial charge in [0.05, 0.1) is 13.0 Å². The molecule has 180 valence electrons. The molecule has 1 heterocycles. The van der Waals surface area contributed by atoms with E-state index in [2.05, 4.69) is 10.6 Å². The lowest BCUT2D eigenvalue weighted by Crippen LogP contribution is -2.46. The molecular formula is C28H29N3O4. The van der Waals surface area contributed by atoms with Crippen molar-refractivity contribution in [1.82, 2.24) is 10.2 Å². The molecule has 1 aliphatic rings. The molecule has 0 aliphatic carbocycles. The zero-order valence-electron chi connectivity index (χ0n) is 19.9. The van der Waals surface area contributed by atoms with Crippen molar-refractivity contribution in [3.8, 4) is 0 Å². The van der Waals surface area contributed by atoms with Gasteiger partial charge < -0.3 is 15.4 Å². The molecule has 35 heavy (non-hydrogen) atoms. The van der Waals surface area contributed by atoms with E-state index in [1.807, 2.05) is 68.4 Å². The van der Waals surface area contributed by atoms with Crippen LogP contribution in [0.5, 0.6) is 0 Å². The Hall–Kier alpha value is -4.13. The number of hydrogen-bond acceptors (Lipinski definition) is 4. The van der Waals surface area contributed by atoms with Crippen molar-refractivity contribution < 1.29 is 19.1 Å². The summed E-state index contributed by atoms with van der Waals surface area (Å²) in [4.78, 5) is 39.9. The Labute approximate surface area is 205 Å². The molecule has 2 atom stereocenters. The van der Waals surface area contributed by atoms with E-state index in [9.17, 15) is 14.4 Å². The Morgan fingerprint density at radius 2 is 1.69 bits per heavy atom. The third-order valence-corrected chi connectivity index (χ3v) is 5.88. The van der Waals surface area contributed by atoms with Gasteiger partial charge >= 0.3 is 6.09 Å². The lowest BCUT2D eigenvalue weighted by atomic mass is 10.00. The summed E-state index contributed by atoms with van der Waals surface area (Å²) in [5.41, 5.74) is 4.14. The minimum Gasteiger partial charge on any atom is -0.438 e. The Morgan fingerprint density at radius 1 is 0.943 bits per heavy atom. The summed E-state index contributed by atoms with van der Waals surface area (Å²) in [6.07, 6.45) is -1.11. The molecule has 0 bridgehead atoms. The molecule has 0 unspecified atom stereocenters. The summed E-state index contributed by atoms with van der Waals surface area (Å²) >= 11 is 0. The molecule has 0 spiro atoms. The maximum Gasteiger partial charge on any atom is 0.411 e. The van der Waals surface area contributed by atoms with Gasteiger partial charge in [0.15, 0.2) is 12.1 Å². The largest absolute Gasteiger partial charge is 0.438 e. The molecule has 2 N–H and O–H groups in total. The number of benzene rings is 3. The normalized spacial score (nSPS) is 17.1. The maximum atomic E-state index is 13.0. The molecule has 0 saturated carbocycles. The van der Waals surface area contributed by atoms with Crippen molar-refractivity contribution in [3.63, 3.8) is 0 Å². The molecule has 1 fully saturated rings. The van der Waals surface area contributed by atoms with E-state index in [1.165, 1.54) is 4.90 Å². The highest BCUT2D eigenvalue weighted by Gasteiger charge is 2.46. The number of anilines is 1. The third-order valence-electron chi connectivity index (χ3n) is 5.88. The van der Waals surface area contributed by atoms with E-state index in [1.54, 1.807) is 24.3 Å². The molecule has 3 aromatic carbocycles. The van der Waals surface area contributed by atoms with Gasteiger partial charge in [-0.2, -0.15) is 0 Å². The standard InChI is InChI=1S/C28H29N3O4/c1-3-29-27(33)25-26(35-28(34)31(25)18-21-14-12-19(2)13-15-21)22-10-7-11-23(17-22)30-24(32)16-20-8-5-4-6-9-20/h4-15,17,25-26H,3,16,18H2,1-2H3,(H,29,33)(H,30,32)/t25-,26-/m1/s1. The molecule has 1 saturated heterocycles. The zero-order valence-corrected chi connectivity index (χ0v) is 19.9. The highest BCUT2D eigenvalue weighted by molar-refractivity contribution is 5.92. The number of ether oxygens (including phenoxy) is 1. The number of rotatable bonds is 8. The van der Waals surface area contributed by atoms with Gasteiger partial charge in [0, 0.05) is 12.2 Å². The van der Waals surface area contributed by atoms with E-state index in [0.29, 0.717) is 17.8 Å². The van der Waals surface area contributed by atoms with Gasteiger partial charge in [-0.1, -0.05) is 72.3 Å². The number of aryl methyl sites for hydroxylation is 1. The van der Waals surface area contributed by atoms with Crippen LogP contribution in [0.3, 0.4) is 0 Å². The molecule has 7 nitrogen and oxygen atoms in total. The van der Waals surface area contributed by atoms with E-state index in [4.69, 9.17) is 4.74 Å². The number of likely N-dealkylation sites (N-methyl/N-ethyl adjacent to an activating group) is 1. The molecule has 4 rings (SSSR count). The van der Waals surface area contributed by atoms with Gasteiger partial charge in [0.2, 0.25) is 11.8 Å². The maximum absolute atomic E-state index is 13.0. The zero-order chi connectivity index (χ0) is 24.8. The fourth-order valence-electron chi connectivity index (χ4n) is 4.16. The second kappa shape index (κ2) is 10.9. The number of nitrogens with zero attached hydrogens (tertiary/aromatic N) is 1. The van der Waals surface area contributed by atoms with E-state index in [-0.39, 0.29) is 24.8 Å². The average Bonchev–Trinajstić information content (AvgIpc) is 3.17. The van der Waals surface area contributed by atoms with Crippen LogP contribution < -0.4 is 10.6 Å². The molecule has 7 heteroatoms. The minimum atomic E-state index is -0.834. The molecule has 0 radical (unpaired) electrons. The van der Waals surface area contributed by atoms with Crippen molar-refractivity contribution >= 4 is 23.6 Å². The fraction of sp³-hybridized carbons (Fsp3) is 0.250. The minimum absolute atomic E-state index is 0.155. The van der Waals surface area contributed by atoms with Crippen LogP contribution in [0.4, 0.5) is 10.5 Å². The average molecular weight is 472 g/mol. The van der Waals surface area contributed by atoms with Crippen molar-refractivity contribution in [3.05, 3.63) is 101 Å². The van der Waals surface area contributed by atoms with Crippen molar-refractivity contribution in [2.24, 2.45) is 0 Å². The van der Waals surface area contributed by atoms with Crippen molar-refractivity contribution in [1.29, 1.82) is 0 Å². The highest BCUT2D eigenvalue weighted by Crippen LogP contribution is 2.35. The highest BCUT2D eigenvalue weighted by atomic mass is 16.6. The fourth-order valence-corrected chi connectivity index (χ4v) is 4.16. The SMILES string of the molecule is CCNC(=O)[C@H]1[C@@H](c2cccc(NC(=O)Cc3ccccc3)c2)OC(=O)N1Cc1ccc(C)cc1. The Balaban J connectivity index is 1.55. The Morgan fingerprint density at radius 3 is 2.40 bits per heavy atom. The molecule has 3 amide bonds. The van der Waals surface area contributed by atoms with Crippen LogP contribution >= 0.6 is 0 Å². The summed E-state index contributed by atoms with van der Waals surface area (Å²) in [7, 11) is 0. The van der Waals surface area contributed by atoms with Crippen LogP contribution in [0.25, 0.3) is 0 Å². The van der Waals surface area contributed by atoms with Gasteiger partial charge in [-0.05, 0) is 42.7 Å². The van der Waals surface area contributed by atoms with Gasteiger partial charge in [-0.25, -0.2) is 4.79 Å². The monoisotopic (exact) mass is 471 g/mol. The van der Waals surface area contributed by atoms with Crippen LogP contribution in [0.1, 0.15) is 35.3 Å². The lowest BCUT2D eigenvalue weighted by Gasteiger charge is -2.24. The van der Waals surface area contributed by atoms with Gasteiger partial charge in [-0.15, -0.1) is 0 Å². The summed E-state index contributed by atoms with van der Waals surface area (Å²) < 4.78 is 5.71. The summed E-state index contributed by atoms with van der Waals surface area (Å²) in [6, 6.07) is 23.6. The molecule has 0 aromatic heterocycles. The van der Waals surface area contributed by atoms with E-state index >= 15 is 0 Å². The first-order valence-electron chi connectivity index (χ1n) is 11.7. The first-order valence-corrected chi connectivity index (χ1v) is 11.7. The predicted molar refractivity (Wildman–Crippen MR) is 134 cm³/mol. The summed E-state index contributed by atoms with van der Waals surface area (Å²) in [6.45, 7) is 4.51. The van der Waals surface area contributed by atoms with Crippen LogP contribution in [0.15, 0.2) is 78.9 Å². The second-order valence-electron chi connectivity index (χ2n) is 8.59. The summed E-state index contributed by atoms with van der Waals surface area (Å²) in [5.74, 6) is -0.438. The smallest absolute Gasteiger partial charge is 0.411 e. The number of nitrogens with one attached hydrogen (secondary N) is 2. The van der Waals surface area contributed by atoms with Crippen molar-refractivity contribution in [2.75, 3.05) is 11.9 Å². The van der Waals surface area contributed by atoms with Gasteiger partial charge in [0.25, 0.3) is 0 Å². The van der Waals surface area contributed by atoms with Crippen molar-refractivity contribution in [2.45, 2.75) is 39.0 Å². The van der Waals surface area contributed by atoms with Gasteiger partial charge in [0.1, 0.15) is 0 Å². The van der Waals surface area contributed by atoms with Crippen LogP contribution in [-0.2, 0) is 27.3 Å². The van der Waals surface area contributed by atoms with E-state index < -0.39 is 18.2 Å². The van der Waals surface area contributed by atoms with E-state index in [0.717, 1.165) is 16.7 Å².